The van der Waals surface area contributed by atoms with Crippen LogP contribution in [0.5, 0.6) is 0 Å². The van der Waals surface area contributed by atoms with E-state index in [0.717, 1.165) is 29.7 Å². The summed E-state index contributed by atoms with van der Waals surface area (Å²) in [6.07, 6.45) is 2.74. The third kappa shape index (κ3) is 3.45. The average Bonchev–Trinajstić information content (AvgIpc) is 2.97. The molecule has 8 heteroatoms. The Hall–Kier alpha value is -2.74. The molecule has 1 heterocycles. The van der Waals surface area contributed by atoms with Gasteiger partial charge in [0.2, 0.25) is 0 Å². The predicted octanol–water partition coefficient (Wildman–Crippen LogP) is 3.39. The Bertz CT molecular complexity index is 873. The smallest absolute Gasteiger partial charge is 0.269 e. The molecule has 26 heavy (non-hydrogen) atoms. The van der Waals surface area contributed by atoms with E-state index in [1.807, 2.05) is 0 Å². The van der Waals surface area contributed by atoms with Crippen LogP contribution in [0.3, 0.4) is 0 Å². The summed E-state index contributed by atoms with van der Waals surface area (Å²) in [7, 11) is 1.57. The summed E-state index contributed by atoms with van der Waals surface area (Å²) in [6, 6.07) is 5.39. The number of hydrogen-bond donors (Lipinski definition) is 2. The first kappa shape index (κ1) is 18.1. The molecule has 0 spiro atoms. The highest BCUT2D eigenvalue weighted by Gasteiger charge is 2.28. The number of nitro benzene ring substituents is 1. The topological polar surface area (TPSA) is 101 Å². The summed E-state index contributed by atoms with van der Waals surface area (Å²) in [5.74, 6) is -0.0512. The standard InChI is InChI=1S/C18H19N3O4S/c1-10-3-8-13-14(9-10)26-18(15(13)17(23)19-2)20-16(22)11-4-6-12(7-5-11)21(24)25/h4-7,10H,3,8-9H2,1-2H3,(H,19,23)(H,20,22)/t10-/m1/s1. The lowest BCUT2D eigenvalue weighted by Crippen LogP contribution is -2.22. The molecule has 0 unspecified atom stereocenters. The molecule has 0 fully saturated rings. The molecule has 136 valence electrons. The monoisotopic (exact) mass is 373 g/mol. The summed E-state index contributed by atoms with van der Waals surface area (Å²) in [4.78, 5) is 36.2. The molecule has 1 atom stereocenters. The van der Waals surface area contributed by atoms with Crippen molar-refractivity contribution in [3.05, 3.63) is 55.9 Å². The van der Waals surface area contributed by atoms with Crippen molar-refractivity contribution in [2.45, 2.75) is 26.2 Å². The van der Waals surface area contributed by atoms with Gasteiger partial charge in [-0.15, -0.1) is 11.3 Å². The largest absolute Gasteiger partial charge is 0.355 e. The van der Waals surface area contributed by atoms with E-state index < -0.39 is 10.8 Å². The maximum absolute atomic E-state index is 12.5. The van der Waals surface area contributed by atoms with E-state index in [2.05, 4.69) is 17.6 Å². The highest BCUT2D eigenvalue weighted by molar-refractivity contribution is 7.17. The van der Waals surface area contributed by atoms with Gasteiger partial charge in [0.1, 0.15) is 5.00 Å². The van der Waals surface area contributed by atoms with Crippen LogP contribution in [0.4, 0.5) is 10.7 Å². The van der Waals surface area contributed by atoms with E-state index in [4.69, 9.17) is 0 Å². The summed E-state index contributed by atoms with van der Waals surface area (Å²) >= 11 is 1.44. The van der Waals surface area contributed by atoms with E-state index in [-0.39, 0.29) is 11.6 Å². The molecule has 2 N–H and O–H groups in total. The molecule has 1 aromatic carbocycles. The Morgan fingerprint density at radius 3 is 2.54 bits per heavy atom. The second kappa shape index (κ2) is 7.25. The van der Waals surface area contributed by atoms with Crippen molar-refractivity contribution >= 4 is 33.8 Å². The molecule has 0 radical (unpaired) electrons. The highest BCUT2D eigenvalue weighted by Crippen LogP contribution is 2.39. The number of nitro groups is 1. The number of anilines is 1. The van der Waals surface area contributed by atoms with Crippen molar-refractivity contribution in [2.24, 2.45) is 5.92 Å². The Morgan fingerprint density at radius 1 is 1.23 bits per heavy atom. The molecule has 1 aromatic heterocycles. The van der Waals surface area contributed by atoms with Crippen molar-refractivity contribution in [1.82, 2.24) is 5.32 Å². The van der Waals surface area contributed by atoms with Gasteiger partial charge in [0.05, 0.1) is 10.5 Å². The van der Waals surface area contributed by atoms with Gasteiger partial charge in [0, 0.05) is 29.6 Å². The van der Waals surface area contributed by atoms with Gasteiger partial charge in [0.15, 0.2) is 0 Å². The first-order valence-corrected chi connectivity index (χ1v) is 9.14. The molecule has 2 amide bonds. The van der Waals surface area contributed by atoms with Crippen LogP contribution < -0.4 is 10.6 Å². The molecule has 0 aliphatic heterocycles. The Balaban J connectivity index is 1.90. The lowest BCUT2D eigenvalue weighted by atomic mass is 9.88. The summed E-state index contributed by atoms with van der Waals surface area (Å²) in [5.41, 5.74) is 1.78. The summed E-state index contributed by atoms with van der Waals surface area (Å²) in [5, 5.41) is 16.7. The zero-order valence-electron chi connectivity index (χ0n) is 14.5. The zero-order valence-corrected chi connectivity index (χ0v) is 15.3. The minimum absolute atomic E-state index is 0.0758. The Kier molecular flexibility index (Phi) is 5.03. The normalized spacial score (nSPS) is 15.8. The van der Waals surface area contributed by atoms with Gasteiger partial charge in [-0.25, -0.2) is 0 Å². The van der Waals surface area contributed by atoms with Crippen LogP contribution in [0, 0.1) is 16.0 Å². The molecule has 0 saturated carbocycles. The molecule has 0 bridgehead atoms. The maximum Gasteiger partial charge on any atom is 0.269 e. The number of carbonyl (C=O) groups excluding carboxylic acids is 2. The van der Waals surface area contributed by atoms with Crippen molar-refractivity contribution < 1.29 is 14.5 Å². The van der Waals surface area contributed by atoms with Crippen LogP contribution >= 0.6 is 11.3 Å². The van der Waals surface area contributed by atoms with Gasteiger partial charge in [-0.1, -0.05) is 6.92 Å². The van der Waals surface area contributed by atoms with Gasteiger partial charge < -0.3 is 10.6 Å². The number of carbonyl (C=O) groups is 2. The highest BCUT2D eigenvalue weighted by atomic mass is 32.1. The van der Waals surface area contributed by atoms with Crippen LogP contribution in [0.25, 0.3) is 0 Å². The minimum atomic E-state index is -0.514. The molecule has 1 aliphatic rings. The van der Waals surface area contributed by atoms with Crippen molar-refractivity contribution in [3.8, 4) is 0 Å². The van der Waals surface area contributed by atoms with Crippen LogP contribution in [0.1, 0.15) is 44.5 Å². The average molecular weight is 373 g/mol. The Labute approximate surface area is 154 Å². The second-order valence-corrected chi connectivity index (χ2v) is 7.50. The van der Waals surface area contributed by atoms with Crippen molar-refractivity contribution in [1.29, 1.82) is 0 Å². The minimum Gasteiger partial charge on any atom is -0.355 e. The van der Waals surface area contributed by atoms with E-state index >= 15 is 0 Å². The third-order valence-corrected chi connectivity index (χ3v) is 5.70. The van der Waals surface area contributed by atoms with Gasteiger partial charge in [-0.3, -0.25) is 19.7 Å². The fourth-order valence-electron chi connectivity index (χ4n) is 3.11. The number of benzene rings is 1. The quantitative estimate of drug-likeness (QED) is 0.633. The molecular formula is C18H19N3O4S. The lowest BCUT2D eigenvalue weighted by Gasteiger charge is -2.18. The predicted molar refractivity (Wildman–Crippen MR) is 99.9 cm³/mol. The van der Waals surface area contributed by atoms with Crippen molar-refractivity contribution in [2.75, 3.05) is 12.4 Å². The van der Waals surface area contributed by atoms with Gasteiger partial charge in [-0.05, 0) is 42.9 Å². The van der Waals surface area contributed by atoms with E-state index in [1.165, 1.54) is 35.6 Å². The van der Waals surface area contributed by atoms with Crippen molar-refractivity contribution in [3.63, 3.8) is 0 Å². The lowest BCUT2D eigenvalue weighted by molar-refractivity contribution is -0.384. The molecule has 2 aromatic rings. The fourth-order valence-corrected chi connectivity index (χ4v) is 4.52. The number of non-ortho nitro benzene ring substituents is 1. The number of amides is 2. The number of rotatable bonds is 4. The van der Waals surface area contributed by atoms with Gasteiger partial charge in [-0.2, -0.15) is 0 Å². The SMILES string of the molecule is CNC(=O)c1c(NC(=O)c2ccc([N+](=O)[O-])cc2)sc2c1CC[C@@H](C)C2. The third-order valence-electron chi connectivity index (χ3n) is 4.53. The van der Waals surface area contributed by atoms with Gasteiger partial charge in [0.25, 0.3) is 17.5 Å². The van der Waals surface area contributed by atoms with E-state index in [9.17, 15) is 19.7 Å². The first-order valence-electron chi connectivity index (χ1n) is 8.33. The number of nitrogens with zero attached hydrogens (tertiary/aromatic N) is 1. The number of hydrogen-bond acceptors (Lipinski definition) is 5. The first-order chi connectivity index (χ1) is 12.4. The van der Waals surface area contributed by atoms with Crippen LogP contribution in [0.2, 0.25) is 0 Å². The second-order valence-electron chi connectivity index (χ2n) is 6.39. The Morgan fingerprint density at radius 2 is 1.92 bits per heavy atom. The molecule has 0 saturated heterocycles. The van der Waals surface area contributed by atoms with Gasteiger partial charge >= 0.3 is 0 Å². The number of nitrogens with one attached hydrogen (secondary N) is 2. The zero-order chi connectivity index (χ0) is 18.8. The number of fused-ring (bicyclic) bond motifs is 1. The molecule has 1 aliphatic carbocycles. The number of thiophene rings is 1. The molecule has 7 nitrogen and oxygen atoms in total. The van der Waals surface area contributed by atoms with Crippen LogP contribution in [-0.4, -0.2) is 23.8 Å². The summed E-state index contributed by atoms with van der Waals surface area (Å²) in [6.45, 7) is 2.18. The van der Waals surface area contributed by atoms with Crippen LogP contribution in [0.15, 0.2) is 24.3 Å². The van der Waals surface area contributed by atoms with E-state index in [1.54, 1.807) is 7.05 Å². The molecular weight excluding hydrogens is 354 g/mol. The summed E-state index contributed by atoms with van der Waals surface area (Å²) < 4.78 is 0. The molecule has 3 rings (SSSR count). The fraction of sp³-hybridized carbons (Fsp3) is 0.333. The van der Waals surface area contributed by atoms with Crippen LogP contribution in [-0.2, 0) is 12.8 Å². The van der Waals surface area contributed by atoms with E-state index in [0.29, 0.717) is 22.0 Å². The maximum atomic E-state index is 12.5.